The molecular formula is C13H9Cl2NO3S. The molecule has 1 N–H and O–H groups in total. The fourth-order valence-corrected chi connectivity index (χ4v) is 2.29. The van der Waals surface area contributed by atoms with E-state index in [1.54, 1.807) is 5.38 Å². The Bertz CT molecular complexity index is 643. The van der Waals surface area contributed by atoms with Gasteiger partial charge in [0.15, 0.2) is 0 Å². The SMILES string of the molecule is C=C(C(=O)Oc1ccc(Cl)c(Cl)c1)C(O)c1nccs1. The summed E-state index contributed by atoms with van der Waals surface area (Å²) in [5, 5.41) is 12.6. The van der Waals surface area contributed by atoms with E-state index in [9.17, 15) is 9.90 Å². The number of aliphatic hydroxyl groups excluding tert-OH is 1. The Hall–Kier alpha value is -1.40. The van der Waals surface area contributed by atoms with Crippen LogP contribution in [0.25, 0.3) is 0 Å². The van der Waals surface area contributed by atoms with Crippen LogP contribution in [0.5, 0.6) is 5.75 Å². The number of rotatable bonds is 4. The molecule has 1 atom stereocenters. The van der Waals surface area contributed by atoms with Crippen LogP contribution in [0, 0.1) is 0 Å². The summed E-state index contributed by atoms with van der Waals surface area (Å²) in [5.41, 5.74) is -0.106. The van der Waals surface area contributed by atoms with Crippen LogP contribution in [-0.4, -0.2) is 16.1 Å². The van der Waals surface area contributed by atoms with Gasteiger partial charge in [0.05, 0.1) is 15.6 Å². The zero-order chi connectivity index (χ0) is 14.7. The molecule has 1 heterocycles. The average molecular weight is 330 g/mol. The van der Waals surface area contributed by atoms with E-state index in [0.29, 0.717) is 10.0 Å². The summed E-state index contributed by atoms with van der Waals surface area (Å²) in [4.78, 5) is 15.8. The van der Waals surface area contributed by atoms with Crippen molar-refractivity contribution in [2.24, 2.45) is 0 Å². The lowest BCUT2D eigenvalue weighted by Crippen LogP contribution is -2.16. The molecule has 1 unspecified atom stereocenters. The molecule has 0 aliphatic rings. The number of thiazole rings is 1. The molecule has 1 aromatic heterocycles. The number of halogens is 2. The molecule has 2 rings (SSSR count). The molecule has 0 aliphatic heterocycles. The highest BCUT2D eigenvalue weighted by atomic mass is 35.5. The molecule has 0 spiro atoms. The first-order valence-corrected chi connectivity index (χ1v) is 7.06. The van der Waals surface area contributed by atoms with E-state index in [0.717, 1.165) is 0 Å². The molecular weight excluding hydrogens is 321 g/mol. The molecule has 0 fully saturated rings. The molecule has 0 amide bonds. The quantitative estimate of drug-likeness (QED) is 0.528. The third kappa shape index (κ3) is 3.37. The molecule has 2 aromatic rings. The predicted molar refractivity (Wildman–Crippen MR) is 78.3 cm³/mol. The van der Waals surface area contributed by atoms with Gasteiger partial charge in [0, 0.05) is 17.6 Å². The lowest BCUT2D eigenvalue weighted by molar-refractivity contribution is -0.131. The standard InChI is InChI=1S/C13H9Cl2NO3S/c1-7(11(17)12-16-4-5-20-12)13(18)19-8-2-3-9(14)10(15)6-8/h2-6,11,17H,1H2. The first-order chi connectivity index (χ1) is 9.49. The van der Waals surface area contributed by atoms with Crippen molar-refractivity contribution in [3.05, 3.63) is 57.0 Å². The molecule has 20 heavy (non-hydrogen) atoms. The molecule has 104 valence electrons. The Morgan fingerprint density at radius 2 is 2.15 bits per heavy atom. The minimum Gasteiger partial charge on any atom is -0.423 e. The van der Waals surface area contributed by atoms with Crippen LogP contribution < -0.4 is 4.74 Å². The van der Waals surface area contributed by atoms with Gasteiger partial charge in [0.25, 0.3) is 0 Å². The summed E-state index contributed by atoms with van der Waals surface area (Å²) in [7, 11) is 0. The zero-order valence-corrected chi connectivity index (χ0v) is 12.4. The van der Waals surface area contributed by atoms with Crippen LogP contribution in [0.3, 0.4) is 0 Å². The Balaban J connectivity index is 2.08. The van der Waals surface area contributed by atoms with Gasteiger partial charge in [-0.2, -0.15) is 0 Å². The van der Waals surface area contributed by atoms with Crippen LogP contribution in [-0.2, 0) is 4.79 Å². The van der Waals surface area contributed by atoms with Gasteiger partial charge in [-0.3, -0.25) is 0 Å². The summed E-state index contributed by atoms with van der Waals surface area (Å²) < 4.78 is 5.07. The van der Waals surface area contributed by atoms with Crippen LogP contribution in [0.2, 0.25) is 10.0 Å². The van der Waals surface area contributed by atoms with E-state index in [4.69, 9.17) is 27.9 Å². The number of benzene rings is 1. The highest BCUT2D eigenvalue weighted by Gasteiger charge is 2.22. The predicted octanol–water partition coefficient (Wildman–Crippen LogP) is 3.65. The van der Waals surface area contributed by atoms with Gasteiger partial charge in [-0.1, -0.05) is 29.8 Å². The zero-order valence-electron chi connectivity index (χ0n) is 10.0. The molecule has 1 aromatic carbocycles. The first-order valence-electron chi connectivity index (χ1n) is 5.42. The Morgan fingerprint density at radius 3 is 2.75 bits per heavy atom. The monoisotopic (exact) mass is 329 g/mol. The highest BCUT2D eigenvalue weighted by molar-refractivity contribution is 7.09. The number of ether oxygens (including phenoxy) is 1. The number of carbonyl (C=O) groups excluding carboxylic acids is 1. The van der Waals surface area contributed by atoms with Gasteiger partial charge in [0.2, 0.25) is 0 Å². The second-order valence-electron chi connectivity index (χ2n) is 3.76. The van der Waals surface area contributed by atoms with Crippen LogP contribution in [0.1, 0.15) is 11.1 Å². The van der Waals surface area contributed by atoms with Gasteiger partial charge < -0.3 is 9.84 Å². The van der Waals surface area contributed by atoms with Gasteiger partial charge in [-0.15, -0.1) is 11.3 Å². The molecule has 0 radical (unpaired) electrons. The van der Waals surface area contributed by atoms with Crippen LogP contribution >= 0.6 is 34.5 Å². The maximum absolute atomic E-state index is 11.9. The molecule has 0 saturated heterocycles. The van der Waals surface area contributed by atoms with Gasteiger partial charge in [0.1, 0.15) is 16.9 Å². The van der Waals surface area contributed by atoms with Crippen molar-refractivity contribution in [1.82, 2.24) is 4.98 Å². The second kappa shape index (κ2) is 6.37. The van der Waals surface area contributed by atoms with Crippen molar-refractivity contribution >= 4 is 40.5 Å². The molecule has 0 saturated carbocycles. The van der Waals surface area contributed by atoms with Gasteiger partial charge >= 0.3 is 5.97 Å². The van der Waals surface area contributed by atoms with E-state index < -0.39 is 12.1 Å². The first kappa shape index (κ1) is 15.0. The number of carbonyl (C=O) groups is 1. The minimum atomic E-state index is -1.19. The second-order valence-corrected chi connectivity index (χ2v) is 5.50. The van der Waals surface area contributed by atoms with E-state index in [2.05, 4.69) is 11.6 Å². The number of nitrogens with zero attached hydrogens (tertiary/aromatic N) is 1. The van der Waals surface area contributed by atoms with Crippen molar-refractivity contribution < 1.29 is 14.6 Å². The highest BCUT2D eigenvalue weighted by Crippen LogP contribution is 2.28. The molecule has 0 bridgehead atoms. The fraction of sp³-hybridized carbons (Fsp3) is 0.0769. The van der Waals surface area contributed by atoms with E-state index >= 15 is 0 Å². The van der Waals surface area contributed by atoms with Crippen molar-refractivity contribution in [3.8, 4) is 5.75 Å². The maximum Gasteiger partial charge on any atom is 0.341 e. The van der Waals surface area contributed by atoms with Crippen molar-refractivity contribution in [2.75, 3.05) is 0 Å². The number of aliphatic hydroxyl groups is 1. The van der Waals surface area contributed by atoms with Crippen molar-refractivity contribution in [2.45, 2.75) is 6.10 Å². The van der Waals surface area contributed by atoms with Crippen molar-refractivity contribution in [1.29, 1.82) is 0 Å². The van der Waals surface area contributed by atoms with Crippen LogP contribution in [0.4, 0.5) is 0 Å². The van der Waals surface area contributed by atoms with Crippen molar-refractivity contribution in [3.63, 3.8) is 0 Å². The Labute approximate surface area is 129 Å². The minimum absolute atomic E-state index is 0.106. The summed E-state index contributed by atoms with van der Waals surface area (Å²) in [6, 6.07) is 4.41. The normalized spacial score (nSPS) is 11.9. The summed E-state index contributed by atoms with van der Waals surface area (Å²) in [6.45, 7) is 3.53. The van der Waals surface area contributed by atoms with E-state index in [1.807, 2.05) is 0 Å². The smallest absolute Gasteiger partial charge is 0.341 e. The third-order valence-corrected chi connectivity index (χ3v) is 3.95. The number of aromatic nitrogens is 1. The topological polar surface area (TPSA) is 59.4 Å². The maximum atomic E-state index is 11.9. The number of hydrogen-bond acceptors (Lipinski definition) is 5. The number of esters is 1. The summed E-state index contributed by atoms with van der Waals surface area (Å²) in [6.07, 6.45) is 0.339. The van der Waals surface area contributed by atoms with Crippen LogP contribution in [0.15, 0.2) is 41.9 Å². The third-order valence-electron chi connectivity index (χ3n) is 2.38. The molecule has 0 aliphatic carbocycles. The van der Waals surface area contributed by atoms with E-state index in [1.165, 1.54) is 35.7 Å². The Morgan fingerprint density at radius 1 is 1.40 bits per heavy atom. The number of hydrogen-bond donors (Lipinski definition) is 1. The van der Waals surface area contributed by atoms with Gasteiger partial charge in [-0.25, -0.2) is 9.78 Å². The van der Waals surface area contributed by atoms with Gasteiger partial charge in [-0.05, 0) is 12.1 Å². The van der Waals surface area contributed by atoms with E-state index in [-0.39, 0.29) is 16.3 Å². The summed E-state index contributed by atoms with van der Waals surface area (Å²) >= 11 is 12.8. The largest absolute Gasteiger partial charge is 0.423 e. The average Bonchev–Trinajstić information content (AvgIpc) is 2.95. The molecule has 4 nitrogen and oxygen atoms in total. The lowest BCUT2D eigenvalue weighted by Gasteiger charge is -2.11. The molecule has 7 heteroatoms. The lowest BCUT2D eigenvalue weighted by atomic mass is 10.2. The summed E-state index contributed by atoms with van der Waals surface area (Å²) in [5.74, 6) is -0.539. The Kier molecular flexibility index (Phi) is 4.77. The fourth-order valence-electron chi connectivity index (χ4n) is 1.34.